The van der Waals surface area contributed by atoms with Crippen molar-refractivity contribution in [1.82, 2.24) is 0 Å². The minimum atomic E-state index is -0.553. The van der Waals surface area contributed by atoms with Crippen LogP contribution >= 0.6 is 15.9 Å². The third kappa shape index (κ3) is 5.75. The number of anilines is 1. The Morgan fingerprint density at radius 3 is 1.65 bits per heavy atom. The van der Waals surface area contributed by atoms with Gasteiger partial charge in [-0.15, -0.1) is 0 Å². The third-order valence-corrected chi connectivity index (χ3v) is 3.69. The number of hydrogen-bond donors (Lipinski definition) is 3. The fraction of sp³-hybridized carbons (Fsp3) is 0. The predicted molar refractivity (Wildman–Crippen MR) is 103 cm³/mol. The second kappa shape index (κ2) is 9.39. The summed E-state index contributed by atoms with van der Waals surface area (Å²) in [4.78, 5) is 22.0. The van der Waals surface area contributed by atoms with Gasteiger partial charge < -0.3 is 15.5 Å². The lowest BCUT2D eigenvalue weighted by Crippen LogP contribution is -2.12. The van der Waals surface area contributed by atoms with Crippen molar-refractivity contribution in [3.05, 3.63) is 88.9 Å². The molecule has 132 valence electrons. The van der Waals surface area contributed by atoms with E-state index >= 15 is 0 Å². The fourth-order valence-corrected chi connectivity index (χ4v) is 2.33. The van der Waals surface area contributed by atoms with Crippen molar-refractivity contribution in [3.8, 4) is 11.5 Å². The molecule has 0 unspecified atom stereocenters. The number of rotatable bonds is 0. The molecule has 0 aliphatic carbocycles. The Bertz CT molecular complexity index is 845. The van der Waals surface area contributed by atoms with Crippen LogP contribution in [0.4, 0.5) is 5.69 Å². The molecule has 1 heterocycles. The highest BCUT2D eigenvalue weighted by Crippen LogP contribution is 2.25. The third-order valence-electron chi connectivity index (χ3n) is 3.19. The van der Waals surface area contributed by atoms with Gasteiger partial charge in [0.05, 0.1) is 11.3 Å². The molecule has 0 fully saturated rings. The summed E-state index contributed by atoms with van der Waals surface area (Å²) in [6, 6.07) is 22.5. The van der Waals surface area contributed by atoms with E-state index in [1.54, 1.807) is 66.7 Å². The minimum Gasteiger partial charge on any atom is -0.508 e. The molecule has 0 spiro atoms. The van der Waals surface area contributed by atoms with E-state index in [1.807, 2.05) is 12.1 Å². The smallest absolute Gasteiger partial charge is 0.296 e. The molecule has 5 nitrogen and oxygen atoms in total. The van der Waals surface area contributed by atoms with E-state index in [-0.39, 0.29) is 0 Å². The summed E-state index contributed by atoms with van der Waals surface area (Å²) in [7, 11) is 0. The van der Waals surface area contributed by atoms with Crippen LogP contribution in [0.1, 0.15) is 10.4 Å². The van der Waals surface area contributed by atoms with Crippen LogP contribution in [0.3, 0.4) is 0 Å². The molecule has 6 heteroatoms. The molecule has 0 radical (unpaired) electrons. The molecule has 3 aromatic carbocycles. The van der Waals surface area contributed by atoms with E-state index in [1.165, 1.54) is 0 Å². The zero-order valence-corrected chi connectivity index (χ0v) is 15.2. The molecule has 0 atom stereocenters. The van der Waals surface area contributed by atoms with Gasteiger partial charge in [-0.3, -0.25) is 9.59 Å². The van der Waals surface area contributed by atoms with E-state index < -0.39 is 11.7 Å². The van der Waals surface area contributed by atoms with Gasteiger partial charge in [0.1, 0.15) is 11.5 Å². The Balaban J connectivity index is 0.000000150. The number of nitrogens with one attached hydrogen (secondary N) is 1. The first-order chi connectivity index (χ1) is 12.5. The number of Topliss-reactive ketones (excluding diaryl/α,β-unsaturated/α-hetero) is 1. The number of hydrogen-bond acceptors (Lipinski definition) is 4. The van der Waals surface area contributed by atoms with Crippen molar-refractivity contribution in [2.75, 3.05) is 5.32 Å². The highest BCUT2D eigenvalue weighted by Gasteiger charge is 2.27. The van der Waals surface area contributed by atoms with Crippen LogP contribution < -0.4 is 5.32 Å². The number of benzene rings is 3. The van der Waals surface area contributed by atoms with Crippen molar-refractivity contribution in [3.63, 3.8) is 0 Å². The SMILES string of the molecule is O=C1Nc2ccc(Br)cc2C1=O.Oc1ccccc1.Oc1ccccc1. The second-order valence-corrected chi connectivity index (χ2v) is 6.06. The van der Waals surface area contributed by atoms with Crippen molar-refractivity contribution >= 4 is 33.3 Å². The molecule has 1 aliphatic heterocycles. The molecular formula is C20H16BrNO4. The highest BCUT2D eigenvalue weighted by atomic mass is 79.9. The van der Waals surface area contributed by atoms with Crippen LogP contribution in [-0.2, 0) is 4.79 Å². The van der Waals surface area contributed by atoms with Gasteiger partial charge in [-0.1, -0.05) is 52.3 Å². The highest BCUT2D eigenvalue weighted by molar-refractivity contribution is 9.10. The summed E-state index contributed by atoms with van der Waals surface area (Å²) < 4.78 is 0.797. The molecule has 1 amide bonds. The molecule has 0 bridgehead atoms. The van der Waals surface area contributed by atoms with Crippen molar-refractivity contribution in [2.24, 2.45) is 0 Å². The molecule has 3 N–H and O–H groups in total. The van der Waals surface area contributed by atoms with Gasteiger partial charge >= 0.3 is 0 Å². The van der Waals surface area contributed by atoms with Crippen molar-refractivity contribution in [1.29, 1.82) is 0 Å². The predicted octanol–water partition coefficient (Wildman–Crippen LogP) is 4.37. The molecule has 26 heavy (non-hydrogen) atoms. The van der Waals surface area contributed by atoms with E-state index in [9.17, 15) is 9.59 Å². The number of carbonyl (C=O) groups excluding carboxylic acids is 2. The zero-order chi connectivity index (χ0) is 18.9. The van der Waals surface area contributed by atoms with Gasteiger partial charge in [0, 0.05) is 4.47 Å². The molecule has 0 saturated carbocycles. The number of halogens is 1. The first-order valence-electron chi connectivity index (χ1n) is 7.60. The Hall–Kier alpha value is -3.12. The Morgan fingerprint density at radius 2 is 1.23 bits per heavy atom. The second-order valence-electron chi connectivity index (χ2n) is 5.14. The zero-order valence-electron chi connectivity index (χ0n) is 13.6. The molecular weight excluding hydrogens is 398 g/mol. The van der Waals surface area contributed by atoms with Gasteiger partial charge in [0.15, 0.2) is 0 Å². The van der Waals surface area contributed by atoms with Crippen LogP contribution in [0.15, 0.2) is 83.3 Å². The fourth-order valence-electron chi connectivity index (χ4n) is 1.97. The van der Waals surface area contributed by atoms with Gasteiger partial charge in [0.25, 0.3) is 11.7 Å². The Labute approximate surface area is 159 Å². The summed E-state index contributed by atoms with van der Waals surface area (Å²) in [5.74, 6) is -0.376. The number of phenolic OH excluding ortho intramolecular Hbond substituents is 2. The maximum Gasteiger partial charge on any atom is 0.296 e. The number of aromatic hydroxyl groups is 2. The summed E-state index contributed by atoms with van der Waals surface area (Å²) in [6.45, 7) is 0. The molecule has 0 saturated heterocycles. The minimum absolute atomic E-state index is 0.322. The number of fused-ring (bicyclic) bond motifs is 1. The van der Waals surface area contributed by atoms with Gasteiger partial charge in [-0.25, -0.2) is 0 Å². The standard InChI is InChI=1S/C8H4BrNO2.2C6H6O/c9-4-1-2-6-5(3-4)7(11)8(12)10-6;2*7-6-4-2-1-3-5-6/h1-3H,(H,10,11,12);2*1-5,7H. The van der Waals surface area contributed by atoms with Crippen molar-refractivity contribution < 1.29 is 19.8 Å². The van der Waals surface area contributed by atoms with E-state index in [0.717, 1.165) is 4.47 Å². The van der Waals surface area contributed by atoms with Crippen LogP contribution in [0, 0.1) is 0 Å². The molecule has 1 aliphatic rings. The van der Waals surface area contributed by atoms with Gasteiger partial charge in [0.2, 0.25) is 0 Å². The molecule has 4 rings (SSSR count). The maximum absolute atomic E-state index is 11.1. The molecule has 0 aromatic heterocycles. The van der Waals surface area contributed by atoms with E-state index in [0.29, 0.717) is 22.7 Å². The first kappa shape index (κ1) is 19.2. The number of amides is 1. The lowest BCUT2D eigenvalue weighted by Gasteiger charge is -1.95. The van der Waals surface area contributed by atoms with E-state index in [2.05, 4.69) is 21.2 Å². The first-order valence-corrected chi connectivity index (χ1v) is 8.40. The topological polar surface area (TPSA) is 86.6 Å². The Kier molecular flexibility index (Phi) is 6.93. The largest absolute Gasteiger partial charge is 0.508 e. The summed E-state index contributed by atoms with van der Waals surface area (Å²) in [5, 5.41) is 19.7. The van der Waals surface area contributed by atoms with Gasteiger partial charge in [-0.05, 0) is 42.5 Å². The average Bonchev–Trinajstić information content (AvgIpc) is 2.92. The number of ketones is 1. The maximum atomic E-state index is 11.1. The lowest BCUT2D eigenvalue weighted by molar-refractivity contribution is -0.112. The van der Waals surface area contributed by atoms with Crippen LogP contribution in [0.5, 0.6) is 11.5 Å². The van der Waals surface area contributed by atoms with Gasteiger partial charge in [-0.2, -0.15) is 0 Å². The van der Waals surface area contributed by atoms with Crippen LogP contribution in [0.2, 0.25) is 0 Å². The normalized spacial score (nSPS) is 11.3. The average molecular weight is 414 g/mol. The monoisotopic (exact) mass is 413 g/mol. The number of carbonyl (C=O) groups is 2. The summed E-state index contributed by atoms with van der Waals surface area (Å²) >= 11 is 3.22. The Morgan fingerprint density at radius 1 is 0.731 bits per heavy atom. The van der Waals surface area contributed by atoms with Crippen LogP contribution in [-0.4, -0.2) is 21.9 Å². The lowest BCUT2D eigenvalue weighted by atomic mass is 10.1. The summed E-state index contributed by atoms with van der Waals surface area (Å²) in [5.41, 5.74) is 1.03. The number of para-hydroxylation sites is 2. The summed E-state index contributed by atoms with van der Waals surface area (Å²) in [6.07, 6.45) is 0. The molecule has 3 aromatic rings. The van der Waals surface area contributed by atoms with Crippen molar-refractivity contribution in [2.45, 2.75) is 0 Å². The van der Waals surface area contributed by atoms with E-state index in [4.69, 9.17) is 10.2 Å². The number of phenols is 2. The quantitative estimate of drug-likeness (QED) is 0.477. The van der Waals surface area contributed by atoms with Crippen LogP contribution in [0.25, 0.3) is 0 Å².